The predicted molar refractivity (Wildman–Crippen MR) is 83.1 cm³/mol. The van der Waals surface area contributed by atoms with Gasteiger partial charge in [-0.25, -0.2) is 0 Å². The van der Waals surface area contributed by atoms with Crippen LogP contribution in [0.3, 0.4) is 0 Å². The van der Waals surface area contributed by atoms with Crippen molar-refractivity contribution < 1.29 is 4.74 Å². The van der Waals surface area contributed by atoms with Crippen molar-refractivity contribution in [2.24, 2.45) is 11.7 Å². The van der Waals surface area contributed by atoms with Crippen LogP contribution < -0.4 is 10.5 Å². The molecule has 0 radical (unpaired) electrons. The lowest BCUT2D eigenvalue weighted by molar-refractivity contribution is 0.179. The number of nitrogens with two attached hydrogens (primary N) is 1. The second-order valence-corrected chi connectivity index (χ2v) is 6.81. The molecule has 1 heterocycles. The molecule has 3 unspecified atom stereocenters. The third kappa shape index (κ3) is 2.85. The van der Waals surface area contributed by atoms with Gasteiger partial charge in [-0.15, -0.1) is 0 Å². The minimum atomic E-state index is 0.0496. The summed E-state index contributed by atoms with van der Waals surface area (Å²) < 4.78 is 5.78. The monoisotopic (exact) mass is 273 g/mol. The van der Waals surface area contributed by atoms with E-state index in [0.29, 0.717) is 5.92 Å². The van der Waals surface area contributed by atoms with Gasteiger partial charge in [0.2, 0.25) is 0 Å². The minimum absolute atomic E-state index is 0.0496. The van der Waals surface area contributed by atoms with E-state index in [9.17, 15) is 0 Å². The van der Waals surface area contributed by atoms with Crippen LogP contribution in [0.2, 0.25) is 0 Å². The molecule has 2 nitrogen and oxygen atoms in total. The molecule has 2 aliphatic rings. The maximum atomic E-state index is 6.77. The molecule has 110 valence electrons. The van der Waals surface area contributed by atoms with E-state index >= 15 is 0 Å². The Morgan fingerprint density at radius 2 is 2.15 bits per heavy atom. The van der Waals surface area contributed by atoms with Crippen LogP contribution >= 0.6 is 0 Å². The van der Waals surface area contributed by atoms with E-state index in [0.717, 1.165) is 31.1 Å². The zero-order valence-corrected chi connectivity index (χ0v) is 12.6. The highest BCUT2D eigenvalue weighted by atomic mass is 16.5. The van der Waals surface area contributed by atoms with Crippen molar-refractivity contribution in [3.63, 3.8) is 0 Å². The smallest absolute Gasteiger partial charge is 0.122 e. The first-order valence-electron chi connectivity index (χ1n) is 8.21. The van der Waals surface area contributed by atoms with Crippen LogP contribution in [0.15, 0.2) is 24.3 Å². The van der Waals surface area contributed by atoms with Crippen LogP contribution in [0.5, 0.6) is 5.75 Å². The average molecular weight is 273 g/mol. The van der Waals surface area contributed by atoms with Crippen molar-refractivity contribution in [3.8, 4) is 5.75 Å². The Morgan fingerprint density at radius 3 is 3.00 bits per heavy atom. The van der Waals surface area contributed by atoms with E-state index in [-0.39, 0.29) is 5.54 Å². The highest BCUT2D eigenvalue weighted by Crippen LogP contribution is 2.43. The zero-order chi connectivity index (χ0) is 14.0. The Labute approximate surface area is 122 Å². The van der Waals surface area contributed by atoms with Crippen LogP contribution in [-0.4, -0.2) is 12.1 Å². The van der Waals surface area contributed by atoms with Gasteiger partial charge < -0.3 is 10.5 Å². The molecular formula is C18H27NO. The number of benzene rings is 1. The molecule has 1 aromatic carbocycles. The van der Waals surface area contributed by atoms with Gasteiger partial charge in [0.05, 0.1) is 6.61 Å². The first-order chi connectivity index (χ1) is 9.70. The van der Waals surface area contributed by atoms with Gasteiger partial charge in [-0.2, -0.15) is 0 Å². The molecule has 3 atom stereocenters. The van der Waals surface area contributed by atoms with E-state index in [1.165, 1.54) is 37.7 Å². The standard InChI is InChI=1S/C18H27NO/c1-2-14-6-5-10-18(19,12-14)13-15-9-11-20-17-8-4-3-7-16(15)17/h3-4,7-8,14-15H,2,5-6,9-13,19H2,1H3. The summed E-state index contributed by atoms with van der Waals surface area (Å²) in [6.07, 6.45) is 8.62. The lowest BCUT2D eigenvalue weighted by atomic mass is 9.70. The molecule has 0 amide bonds. The van der Waals surface area contributed by atoms with Crippen molar-refractivity contribution in [2.75, 3.05) is 6.61 Å². The van der Waals surface area contributed by atoms with Crippen molar-refractivity contribution in [2.45, 2.75) is 63.3 Å². The predicted octanol–water partition coefficient (Wildman–Crippen LogP) is 4.24. The molecular weight excluding hydrogens is 246 g/mol. The minimum Gasteiger partial charge on any atom is -0.493 e. The molecule has 0 spiro atoms. The zero-order valence-electron chi connectivity index (χ0n) is 12.6. The fraction of sp³-hybridized carbons (Fsp3) is 0.667. The quantitative estimate of drug-likeness (QED) is 0.894. The van der Waals surface area contributed by atoms with E-state index in [4.69, 9.17) is 10.5 Å². The normalized spacial score (nSPS) is 33.3. The number of ether oxygens (including phenoxy) is 1. The molecule has 3 rings (SSSR count). The molecule has 1 aliphatic heterocycles. The highest BCUT2D eigenvalue weighted by molar-refractivity contribution is 5.38. The van der Waals surface area contributed by atoms with Crippen LogP contribution in [0, 0.1) is 5.92 Å². The van der Waals surface area contributed by atoms with Crippen molar-refractivity contribution in [1.82, 2.24) is 0 Å². The Bertz CT molecular complexity index is 458. The Hall–Kier alpha value is -1.02. The number of fused-ring (bicyclic) bond motifs is 1. The third-order valence-electron chi connectivity index (χ3n) is 5.30. The number of rotatable bonds is 3. The Kier molecular flexibility index (Phi) is 4.02. The summed E-state index contributed by atoms with van der Waals surface area (Å²) in [4.78, 5) is 0. The highest BCUT2D eigenvalue weighted by Gasteiger charge is 2.36. The van der Waals surface area contributed by atoms with E-state index < -0.39 is 0 Å². The fourth-order valence-electron chi connectivity index (χ4n) is 4.17. The van der Waals surface area contributed by atoms with Gasteiger partial charge in [0.25, 0.3) is 0 Å². The fourth-order valence-corrected chi connectivity index (χ4v) is 4.17. The summed E-state index contributed by atoms with van der Waals surface area (Å²) in [6, 6.07) is 8.51. The topological polar surface area (TPSA) is 35.2 Å². The summed E-state index contributed by atoms with van der Waals surface area (Å²) in [5.41, 5.74) is 8.20. The van der Waals surface area contributed by atoms with Gasteiger partial charge in [0.1, 0.15) is 5.75 Å². The molecule has 0 saturated heterocycles. The summed E-state index contributed by atoms with van der Waals surface area (Å²) in [6.45, 7) is 3.15. The molecule has 2 heteroatoms. The molecule has 2 N–H and O–H groups in total. The first kappa shape index (κ1) is 13.9. The van der Waals surface area contributed by atoms with E-state index in [1.807, 2.05) is 0 Å². The summed E-state index contributed by atoms with van der Waals surface area (Å²) in [7, 11) is 0. The Balaban J connectivity index is 1.75. The Morgan fingerprint density at radius 1 is 1.30 bits per heavy atom. The van der Waals surface area contributed by atoms with Crippen LogP contribution in [0.25, 0.3) is 0 Å². The summed E-state index contributed by atoms with van der Waals surface area (Å²) >= 11 is 0. The first-order valence-corrected chi connectivity index (χ1v) is 8.21. The van der Waals surface area contributed by atoms with Gasteiger partial charge >= 0.3 is 0 Å². The van der Waals surface area contributed by atoms with Gasteiger partial charge in [-0.1, -0.05) is 44.4 Å². The molecule has 1 aliphatic carbocycles. The lowest BCUT2D eigenvalue weighted by Crippen LogP contribution is -2.45. The van der Waals surface area contributed by atoms with Crippen LogP contribution in [0.1, 0.15) is 63.4 Å². The molecule has 20 heavy (non-hydrogen) atoms. The van der Waals surface area contributed by atoms with Gasteiger partial charge in [0, 0.05) is 5.54 Å². The molecule has 1 saturated carbocycles. The van der Waals surface area contributed by atoms with Crippen molar-refractivity contribution in [3.05, 3.63) is 29.8 Å². The average Bonchev–Trinajstić information content (AvgIpc) is 2.47. The second kappa shape index (κ2) is 5.77. The third-order valence-corrected chi connectivity index (χ3v) is 5.30. The van der Waals surface area contributed by atoms with Gasteiger partial charge in [0.15, 0.2) is 0 Å². The summed E-state index contributed by atoms with van der Waals surface area (Å²) in [5, 5.41) is 0. The molecule has 0 aromatic heterocycles. The molecule has 1 fully saturated rings. The number of para-hydroxylation sites is 1. The molecule has 1 aromatic rings. The second-order valence-electron chi connectivity index (χ2n) is 6.81. The van der Waals surface area contributed by atoms with Crippen molar-refractivity contribution in [1.29, 1.82) is 0 Å². The maximum absolute atomic E-state index is 6.77. The number of hydrogen-bond donors (Lipinski definition) is 1. The maximum Gasteiger partial charge on any atom is 0.122 e. The van der Waals surface area contributed by atoms with Gasteiger partial charge in [-0.3, -0.25) is 0 Å². The van der Waals surface area contributed by atoms with E-state index in [2.05, 4.69) is 31.2 Å². The van der Waals surface area contributed by atoms with E-state index in [1.54, 1.807) is 0 Å². The SMILES string of the molecule is CCC1CCCC(N)(CC2CCOc3ccccc32)C1. The van der Waals surface area contributed by atoms with Gasteiger partial charge in [-0.05, 0) is 49.1 Å². The van der Waals surface area contributed by atoms with Crippen LogP contribution in [-0.2, 0) is 0 Å². The largest absolute Gasteiger partial charge is 0.493 e. The van der Waals surface area contributed by atoms with Crippen LogP contribution in [0.4, 0.5) is 0 Å². The lowest BCUT2D eigenvalue weighted by Gasteiger charge is -2.41. The molecule has 0 bridgehead atoms. The number of hydrogen-bond acceptors (Lipinski definition) is 2. The van der Waals surface area contributed by atoms with Crippen molar-refractivity contribution >= 4 is 0 Å². The summed E-state index contributed by atoms with van der Waals surface area (Å²) in [5.74, 6) is 2.50.